The Morgan fingerprint density at radius 2 is 2.17 bits per heavy atom. The van der Waals surface area contributed by atoms with Crippen molar-refractivity contribution in [3.63, 3.8) is 0 Å². The fraction of sp³-hybridized carbons (Fsp3) is 0.444. The molecule has 2 N–H and O–H groups in total. The first-order chi connectivity index (χ1) is 11.7. The Labute approximate surface area is 142 Å². The summed E-state index contributed by atoms with van der Waals surface area (Å²) in [6.45, 7) is 5.93. The zero-order chi connectivity index (χ0) is 16.9. The van der Waals surface area contributed by atoms with Crippen LogP contribution in [0.4, 0.5) is 10.5 Å². The number of likely N-dealkylation sites (tertiary alicyclic amines) is 1. The van der Waals surface area contributed by atoms with E-state index in [-0.39, 0.29) is 6.03 Å². The Balaban J connectivity index is 1.54. The minimum Gasteiger partial charge on any atom is -0.324 e. The van der Waals surface area contributed by atoms with Crippen LogP contribution in [0.2, 0.25) is 0 Å². The van der Waals surface area contributed by atoms with Crippen LogP contribution in [-0.4, -0.2) is 59.3 Å². The van der Waals surface area contributed by atoms with Crippen LogP contribution in [-0.2, 0) is 0 Å². The van der Waals surface area contributed by atoms with E-state index in [1.165, 1.54) is 0 Å². The van der Waals surface area contributed by atoms with Crippen molar-refractivity contribution in [2.75, 3.05) is 38.5 Å². The fourth-order valence-electron chi connectivity index (χ4n) is 3.09. The summed E-state index contributed by atoms with van der Waals surface area (Å²) in [6, 6.07) is 9.72. The number of anilines is 1. The maximum atomic E-state index is 12.4. The van der Waals surface area contributed by atoms with Crippen molar-refractivity contribution in [3.8, 4) is 11.3 Å². The number of rotatable bonds is 5. The maximum Gasteiger partial charge on any atom is 0.321 e. The normalized spacial score (nSPS) is 17.5. The molecule has 1 aromatic heterocycles. The summed E-state index contributed by atoms with van der Waals surface area (Å²) < 4.78 is 0. The van der Waals surface area contributed by atoms with Gasteiger partial charge in [0.05, 0.1) is 5.69 Å². The lowest BCUT2D eigenvalue weighted by molar-refractivity contribution is 0.218. The van der Waals surface area contributed by atoms with Gasteiger partial charge in [0.25, 0.3) is 0 Å². The van der Waals surface area contributed by atoms with E-state index in [0.717, 1.165) is 49.5 Å². The standard InChI is InChI=1S/C18H25N5O/c1-3-22(2)12-14-9-11-23(13-14)18(24)20-16-6-4-15(5-7-16)17-8-10-19-21-17/h4-8,10,14H,3,9,11-13H2,1-2H3,(H,19,21)(H,20,24)/t14-/m0/s1. The number of aromatic nitrogens is 2. The minimum absolute atomic E-state index is 0.00839. The summed E-state index contributed by atoms with van der Waals surface area (Å²) >= 11 is 0. The van der Waals surface area contributed by atoms with Gasteiger partial charge in [0, 0.05) is 31.5 Å². The first kappa shape index (κ1) is 16.5. The summed E-state index contributed by atoms with van der Waals surface area (Å²) in [7, 11) is 2.13. The Morgan fingerprint density at radius 1 is 1.38 bits per heavy atom. The zero-order valence-corrected chi connectivity index (χ0v) is 14.3. The van der Waals surface area contributed by atoms with Gasteiger partial charge in [0.1, 0.15) is 0 Å². The predicted molar refractivity (Wildman–Crippen MR) is 95.9 cm³/mol. The Morgan fingerprint density at radius 3 is 2.83 bits per heavy atom. The number of benzene rings is 1. The molecule has 0 unspecified atom stereocenters. The molecule has 2 amide bonds. The number of hydrogen-bond acceptors (Lipinski definition) is 3. The van der Waals surface area contributed by atoms with Crippen molar-refractivity contribution in [2.45, 2.75) is 13.3 Å². The van der Waals surface area contributed by atoms with E-state index in [0.29, 0.717) is 5.92 Å². The molecule has 2 heterocycles. The highest BCUT2D eigenvalue weighted by atomic mass is 16.2. The molecule has 0 aliphatic carbocycles. The number of amides is 2. The quantitative estimate of drug-likeness (QED) is 0.887. The van der Waals surface area contributed by atoms with Gasteiger partial charge in [0.15, 0.2) is 0 Å². The topological polar surface area (TPSA) is 64.3 Å². The van der Waals surface area contributed by atoms with Crippen LogP contribution >= 0.6 is 0 Å². The molecule has 1 fully saturated rings. The van der Waals surface area contributed by atoms with Gasteiger partial charge in [-0.15, -0.1) is 0 Å². The average Bonchev–Trinajstić information content (AvgIpc) is 3.27. The van der Waals surface area contributed by atoms with Crippen molar-refractivity contribution in [3.05, 3.63) is 36.5 Å². The van der Waals surface area contributed by atoms with Crippen LogP contribution in [0.5, 0.6) is 0 Å². The fourth-order valence-corrected chi connectivity index (χ4v) is 3.09. The van der Waals surface area contributed by atoms with Crippen molar-refractivity contribution in [1.82, 2.24) is 20.0 Å². The Hall–Kier alpha value is -2.34. The van der Waals surface area contributed by atoms with Crippen molar-refractivity contribution >= 4 is 11.7 Å². The summed E-state index contributed by atoms with van der Waals surface area (Å²) in [6.07, 6.45) is 2.81. The lowest BCUT2D eigenvalue weighted by Gasteiger charge is -2.20. The van der Waals surface area contributed by atoms with E-state index in [2.05, 4.69) is 34.4 Å². The van der Waals surface area contributed by atoms with Crippen LogP contribution in [0, 0.1) is 5.92 Å². The van der Waals surface area contributed by atoms with E-state index in [1.807, 2.05) is 35.2 Å². The number of carbonyl (C=O) groups excluding carboxylic acids is 1. The Kier molecular flexibility index (Phi) is 5.15. The monoisotopic (exact) mass is 327 g/mol. The molecular weight excluding hydrogens is 302 g/mol. The second-order valence-electron chi connectivity index (χ2n) is 6.43. The van der Waals surface area contributed by atoms with E-state index in [4.69, 9.17) is 0 Å². The highest BCUT2D eigenvalue weighted by Crippen LogP contribution is 2.21. The third-order valence-corrected chi connectivity index (χ3v) is 4.63. The molecule has 1 aromatic carbocycles. The number of nitrogens with zero attached hydrogens (tertiary/aromatic N) is 3. The van der Waals surface area contributed by atoms with Gasteiger partial charge >= 0.3 is 6.03 Å². The van der Waals surface area contributed by atoms with Crippen molar-refractivity contribution < 1.29 is 4.79 Å². The molecule has 1 atom stereocenters. The lowest BCUT2D eigenvalue weighted by atomic mass is 10.1. The molecule has 1 saturated heterocycles. The number of aromatic amines is 1. The van der Waals surface area contributed by atoms with Crippen LogP contribution < -0.4 is 5.32 Å². The number of urea groups is 1. The number of hydrogen-bond donors (Lipinski definition) is 2. The number of carbonyl (C=O) groups is 1. The van der Waals surface area contributed by atoms with Crippen molar-refractivity contribution in [1.29, 1.82) is 0 Å². The van der Waals surface area contributed by atoms with Crippen LogP contribution in [0.3, 0.4) is 0 Å². The summed E-state index contributed by atoms with van der Waals surface area (Å²) in [5.41, 5.74) is 2.84. The molecule has 6 heteroatoms. The van der Waals surface area contributed by atoms with Crippen LogP contribution in [0.25, 0.3) is 11.3 Å². The van der Waals surface area contributed by atoms with Gasteiger partial charge in [-0.3, -0.25) is 5.10 Å². The number of nitrogens with one attached hydrogen (secondary N) is 2. The number of H-pyrrole nitrogens is 1. The maximum absolute atomic E-state index is 12.4. The van der Waals surface area contributed by atoms with Gasteiger partial charge in [-0.05, 0) is 49.7 Å². The van der Waals surface area contributed by atoms with Crippen LogP contribution in [0.1, 0.15) is 13.3 Å². The predicted octanol–water partition coefficient (Wildman–Crippen LogP) is 2.88. The van der Waals surface area contributed by atoms with E-state index >= 15 is 0 Å². The third-order valence-electron chi connectivity index (χ3n) is 4.63. The van der Waals surface area contributed by atoms with Gasteiger partial charge in [-0.2, -0.15) is 5.10 Å². The molecule has 1 aliphatic heterocycles. The molecule has 3 rings (SSSR count). The molecule has 128 valence electrons. The average molecular weight is 327 g/mol. The van der Waals surface area contributed by atoms with Gasteiger partial charge in [-0.1, -0.05) is 19.1 Å². The van der Waals surface area contributed by atoms with Gasteiger partial charge in [0.2, 0.25) is 0 Å². The molecule has 6 nitrogen and oxygen atoms in total. The molecule has 0 saturated carbocycles. The molecule has 24 heavy (non-hydrogen) atoms. The first-order valence-electron chi connectivity index (χ1n) is 8.50. The second-order valence-corrected chi connectivity index (χ2v) is 6.43. The molecule has 2 aromatic rings. The highest BCUT2D eigenvalue weighted by molar-refractivity contribution is 5.89. The molecular formula is C18H25N5O. The third kappa shape index (κ3) is 3.94. The first-order valence-corrected chi connectivity index (χ1v) is 8.50. The summed E-state index contributed by atoms with van der Waals surface area (Å²) in [5, 5.41) is 9.88. The summed E-state index contributed by atoms with van der Waals surface area (Å²) in [5.74, 6) is 0.573. The van der Waals surface area contributed by atoms with E-state index < -0.39 is 0 Å². The van der Waals surface area contributed by atoms with Gasteiger partial charge in [-0.25, -0.2) is 4.79 Å². The second kappa shape index (κ2) is 7.49. The minimum atomic E-state index is -0.00839. The SMILES string of the molecule is CCN(C)C[C@@H]1CCN(C(=O)Nc2ccc(-c3ccn[nH]3)cc2)C1. The highest BCUT2D eigenvalue weighted by Gasteiger charge is 2.26. The molecule has 0 radical (unpaired) electrons. The van der Waals surface area contributed by atoms with Crippen molar-refractivity contribution in [2.24, 2.45) is 5.92 Å². The zero-order valence-electron chi connectivity index (χ0n) is 14.3. The van der Waals surface area contributed by atoms with E-state index in [1.54, 1.807) is 6.20 Å². The summed E-state index contributed by atoms with van der Waals surface area (Å²) in [4.78, 5) is 16.6. The van der Waals surface area contributed by atoms with E-state index in [9.17, 15) is 4.79 Å². The molecule has 0 spiro atoms. The largest absolute Gasteiger partial charge is 0.324 e. The molecule has 1 aliphatic rings. The van der Waals surface area contributed by atoms with Gasteiger partial charge < -0.3 is 15.1 Å². The van der Waals surface area contributed by atoms with Crippen LogP contribution in [0.15, 0.2) is 36.5 Å². The smallest absolute Gasteiger partial charge is 0.321 e. The molecule has 0 bridgehead atoms. The lowest BCUT2D eigenvalue weighted by Crippen LogP contribution is -2.34. The Bertz CT molecular complexity index is 653.